The highest BCUT2D eigenvalue weighted by Crippen LogP contribution is 2.68. The van der Waals surface area contributed by atoms with Gasteiger partial charge in [-0.3, -0.25) is 28.2 Å². The number of aryl methyl sites for hydroxylation is 1. The van der Waals surface area contributed by atoms with E-state index in [0.717, 1.165) is 51.9 Å². The molecule has 0 unspecified atom stereocenters. The first-order valence-electron chi connectivity index (χ1n) is 19.4. The van der Waals surface area contributed by atoms with Crippen molar-refractivity contribution in [3.05, 3.63) is 127 Å². The lowest BCUT2D eigenvalue weighted by Crippen LogP contribution is -2.38. The summed E-state index contributed by atoms with van der Waals surface area (Å²) in [5.74, 6) is -11.4. The van der Waals surface area contributed by atoms with Crippen molar-refractivity contribution in [2.45, 2.75) is 49.9 Å². The summed E-state index contributed by atoms with van der Waals surface area (Å²) in [6.45, 7) is -1.13. The van der Waals surface area contributed by atoms with Crippen LogP contribution in [0.15, 0.2) is 65.5 Å². The van der Waals surface area contributed by atoms with E-state index < -0.39 is 128 Å². The van der Waals surface area contributed by atoms with Gasteiger partial charge in [-0.15, -0.1) is 0 Å². The SMILES string of the molecule is Cn1nc(NS(C)(=O)=O)c2c(Cl)ccc(-n3c([C@H](Cc4cc(F)cc(F)c4)NC(=O)Cn4nc(C(F)F)c5c4C(F)(F)[C@@H]4C[C@H]54)nc4nc(-c5ccc(F)cc5C(F)(F)F)ccc4c3=O)c21. The first-order chi connectivity index (χ1) is 30.9. The van der Waals surface area contributed by atoms with Gasteiger partial charge in [0, 0.05) is 36.6 Å². The van der Waals surface area contributed by atoms with E-state index in [9.17, 15) is 53.1 Å². The van der Waals surface area contributed by atoms with E-state index in [4.69, 9.17) is 11.6 Å². The number of nitrogens with one attached hydrogen (secondary N) is 2. The van der Waals surface area contributed by atoms with E-state index in [1.165, 1.54) is 19.2 Å². The predicted octanol–water partition coefficient (Wildman–Crippen LogP) is 8.24. The van der Waals surface area contributed by atoms with Crippen LogP contribution >= 0.6 is 11.6 Å². The van der Waals surface area contributed by atoms with Crippen molar-refractivity contribution >= 4 is 55.3 Å². The molecule has 0 saturated heterocycles. The standard InChI is InChI=1S/C41H28ClF10N9O4S/c1-59-33-28(8-6-25(42)31(33)37(57-59)58-66(2,64)65)61-38(55-36-21(39(61)63)5-7-26(54-36)20-4-3-17(43)13-24(20)41(50,51)52)27(11-16-9-18(44)12-19(45)10-16)53-29(62)15-60-34-30(32(56-60)35(46)47)22-14-23(22)40(34,48)49/h3-10,12-13,22-23,27,35H,11,14-15H2,1-2H3,(H,53,62)(H,57,58)/t22-,23+,27-/m0/s1. The molecular weight excluding hydrogens is 940 g/mol. The van der Waals surface area contributed by atoms with Gasteiger partial charge >= 0.3 is 6.18 Å². The Kier molecular flexibility index (Phi) is 10.5. The van der Waals surface area contributed by atoms with Crippen LogP contribution in [0.3, 0.4) is 0 Å². The third-order valence-electron chi connectivity index (χ3n) is 11.2. The van der Waals surface area contributed by atoms with Crippen LogP contribution in [0.2, 0.25) is 5.02 Å². The van der Waals surface area contributed by atoms with Crippen molar-refractivity contribution in [1.82, 2.24) is 39.4 Å². The number of rotatable bonds is 11. The van der Waals surface area contributed by atoms with Gasteiger partial charge in [0.2, 0.25) is 15.9 Å². The lowest BCUT2D eigenvalue weighted by molar-refractivity contribution is -0.137. The van der Waals surface area contributed by atoms with E-state index in [-0.39, 0.29) is 56.4 Å². The number of halogens is 11. The molecule has 3 aromatic carbocycles. The second-order valence-electron chi connectivity index (χ2n) is 15.8. The number of sulfonamides is 1. The molecule has 25 heteroatoms. The van der Waals surface area contributed by atoms with Crippen LogP contribution in [0.5, 0.6) is 0 Å². The number of alkyl halides is 7. The Hall–Kier alpha value is -6.56. The number of fused-ring (bicyclic) bond motifs is 5. The Bertz CT molecular complexity index is 3360. The molecule has 66 heavy (non-hydrogen) atoms. The molecule has 0 radical (unpaired) electrons. The fraction of sp³-hybridized carbons (Fsp3) is 0.268. The number of pyridine rings is 1. The number of carbonyl (C=O) groups excluding carboxylic acids is 1. The van der Waals surface area contributed by atoms with E-state index in [1.54, 1.807) is 0 Å². The Balaban J connectivity index is 1.28. The Morgan fingerprint density at radius 2 is 1.68 bits per heavy atom. The number of amides is 1. The smallest absolute Gasteiger partial charge is 0.344 e. The van der Waals surface area contributed by atoms with Gasteiger partial charge in [-0.25, -0.2) is 40.3 Å². The van der Waals surface area contributed by atoms with E-state index in [0.29, 0.717) is 10.7 Å². The highest BCUT2D eigenvalue weighted by atomic mass is 35.5. The van der Waals surface area contributed by atoms with Gasteiger partial charge < -0.3 is 5.32 Å². The number of benzene rings is 3. The van der Waals surface area contributed by atoms with Crippen molar-refractivity contribution in [2.24, 2.45) is 13.0 Å². The average molecular weight is 968 g/mol. The summed E-state index contributed by atoms with van der Waals surface area (Å²) in [7, 11) is -2.67. The van der Waals surface area contributed by atoms with Gasteiger partial charge in [0.15, 0.2) is 11.5 Å². The summed E-state index contributed by atoms with van der Waals surface area (Å²) >= 11 is 6.57. The summed E-state index contributed by atoms with van der Waals surface area (Å²) in [6.07, 6.45) is -8.32. The van der Waals surface area contributed by atoms with Gasteiger partial charge in [-0.05, 0) is 72.5 Å². The summed E-state index contributed by atoms with van der Waals surface area (Å²) < 4.78 is 175. The van der Waals surface area contributed by atoms with Crippen molar-refractivity contribution in [2.75, 3.05) is 11.0 Å². The first-order valence-corrected chi connectivity index (χ1v) is 21.6. The van der Waals surface area contributed by atoms with Crippen molar-refractivity contribution < 1.29 is 57.1 Å². The molecule has 1 saturated carbocycles. The summed E-state index contributed by atoms with van der Waals surface area (Å²) in [5.41, 5.74) is -6.83. The fourth-order valence-electron chi connectivity index (χ4n) is 8.59. The minimum atomic E-state index is -5.10. The van der Waals surface area contributed by atoms with Crippen LogP contribution in [-0.4, -0.2) is 54.7 Å². The van der Waals surface area contributed by atoms with Crippen LogP contribution in [-0.2, 0) is 46.9 Å². The van der Waals surface area contributed by atoms with Gasteiger partial charge in [-0.2, -0.15) is 32.1 Å². The zero-order valence-corrected chi connectivity index (χ0v) is 35.1. The zero-order valence-electron chi connectivity index (χ0n) is 33.5. The second-order valence-corrected chi connectivity index (χ2v) is 17.9. The molecule has 7 aromatic rings. The molecule has 1 amide bonds. The molecule has 0 aliphatic heterocycles. The normalized spacial score (nSPS) is 17.1. The largest absolute Gasteiger partial charge is 0.417 e. The highest BCUT2D eigenvalue weighted by Gasteiger charge is 2.67. The van der Waals surface area contributed by atoms with Crippen LogP contribution in [0.4, 0.5) is 49.7 Å². The third kappa shape index (κ3) is 7.77. The molecule has 2 N–H and O–H groups in total. The maximum Gasteiger partial charge on any atom is 0.417 e. The third-order valence-corrected chi connectivity index (χ3v) is 12.1. The molecule has 4 aromatic heterocycles. The van der Waals surface area contributed by atoms with Crippen LogP contribution in [0.1, 0.15) is 58.7 Å². The summed E-state index contributed by atoms with van der Waals surface area (Å²) in [5, 5.41) is 9.82. The van der Waals surface area contributed by atoms with E-state index in [1.807, 2.05) is 0 Å². The lowest BCUT2D eigenvalue weighted by atomic mass is 10.0. The summed E-state index contributed by atoms with van der Waals surface area (Å²) in [4.78, 5) is 37.9. The Morgan fingerprint density at radius 1 is 0.970 bits per heavy atom. The monoisotopic (exact) mass is 967 g/mol. The van der Waals surface area contributed by atoms with Gasteiger partial charge in [0.25, 0.3) is 17.9 Å². The molecule has 0 bridgehead atoms. The summed E-state index contributed by atoms with van der Waals surface area (Å²) in [6, 6.07) is 6.79. The molecule has 2 aliphatic rings. The molecule has 3 atom stereocenters. The maximum absolute atomic E-state index is 15.5. The number of anilines is 1. The molecule has 2 aliphatic carbocycles. The zero-order chi connectivity index (χ0) is 47.5. The molecule has 9 rings (SSSR count). The van der Waals surface area contributed by atoms with Gasteiger partial charge in [0.1, 0.15) is 41.2 Å². The average Bonchev–Trinajstić information content (AvgIpc) is 3.75. The van der Waals surface area contributed by atoms with Crippen LogP contribution < -0.4 is 15.6 Å². The first kappa shape index (κ1) is 44.6. The number of carbonyl (C=O) groups is 1. The van der Waals surface area contributed by atoms with E-state index >= 15 is 8.78 Å². The molecule has 1 fully saturated rings. The highest BCUT2D eigenvalue weighted by molar-refractivity contribution is 7.92. The Morgan fingerprint density at radius 3 is 2.35 bits per heavy atom. The molecule has 344 valence electrons. The van der Waals surface area contributed by atoms with Crippen LogP contribution in [0.25, 0.3) is 38.9 Å². The fourth-order valence-corrected chi connectivity index (χ4v) is 9.32. The van der Waals surface area contributed by atoms with Gasteiger partial charge in [0.05, 0.1) is 50.6 Å². The minimum Gasteiger partial charge on any atom is -0.344 e. The molecule has 4 heterocycles. The number of nitrogens with zero attached hydrogens (tertiary/aromatic N) is 7. The second kappa shape index (κ2) is 15.5. The van der Waals surface area contributed by atoms with Crippen molar-refractivity contribution in [3.8, 4) is 16.9 Å². The predicted molar refractivity (Wildman–Crippen MR) is 216 cm³/mol. The number of hydrogen-bond acceptors (Lipinski definition) is 8. The lowest BCUT2D eigenvalue weighted by Gasteiger charge is -2.24. The number of aromatic nitrogens is 7. The maximum atomic E-state index is 15.5. The topological polar surface area (TPSA) is 159 Å². The van der Waals surface area contributed by atoms with Crippen molar-refractivity contribution in [3.63, 3.8) is 0 Å². The van der Waals surface area contributed by atoms with Crippen molar-refractivity contribution in [1.29, 1.82) is 0 Å². The minimum absolute atomic E-state index is 0.0573. The quantitative estimate of drug-likeness (QED) is 0.123. The number of hydrogen-bond donors (Lipinski definition) is 2. The van der Waals surface area contributed by atoms with E-state index in [2.05, 4.69) is 30.2 Å². The molecule has 0 spiro atoms. The molecule has 13 nitrogen and oxygen atoms in total. The van der Waals surface area contributed by atoms with Crippen LogP contribution in [0, 0.1) is 23.4 Å². The van der Waals surface area contributed by atoms with Gasteiger partial charge in [-0.1, -0.05) is 11.6 Å². The Labute approximate surface area is 369 Å². The molecular formula is C41H28ClF10N9O4S.